The van der Waals surface area contributed by atoms with Crippen molar-refractivity contribution in [2.45, 2.75) is 6.92 Å². The summed E-state index contributed by atoms with van der Waals surface area (Å²) in [5.41, 5.74) is 0. The largest absolute Gasteiger partial charge is 0.339 e. The molecule has 1 N–H and O–H groups in total. The van der Waals surface area contributed by atoms with Gasteiger partial charge in [0.05, 0.1) is 0 Å². The summed E-state index contributed by atoms with van der Waals surface area (Å²) in [5, 5.41) is 0. The number of aromatic nitrogens is 2. The Kier molecular flexibility index (Phi) is 2.39. The van der Waals surface area contributed by atoms with Crippen LogP contribution in [0.2, 0.25) is 0 Å². The molecule has 0 atom stereocenters. The van der Waals surface area contributed by atoms with Crippen LogP contribution in [0.5, 0.6) is 0 Å². The van der Waals surface area contributed by atoms with Crippen molar-refractivity contribution in [2.24, 2.45) is 0 Å². The Bertz CT molecular complexity index is 301. The molecule has 0 bridgehead atoms. The lowest BCUT2D eigenvalue weighted by atomic mass is 10.3. The molecule has 76 valence electrons. The summed E-state index contributed by atoms with van der Waals surface area (Å²) < 4.78 is 0. The van der Waals surface area contributed by atoms with Gasteiger partial charge < -0.3 is 14.8 Å². The minimum absolute atomic E-state index is 0.157. The van der Waals surface area contributed by atoms with Crippen molar-refractivity contribution in [3.05, 3.63) is 12.4 Å². The quantitative estimate of drug-likeness (QED) is 0.688. The normalized spacial score (nSPS) is 17.2. The summed E-state index contributed by atoms with van der Waals surface area (Å²) >= 11 is 0. The monoisotopic (exact) mass is 194 g/mol. The van der Waals surface area contributed by atoms with E-state index in [0.29, 0.717) is 0 Å². The van der Waals surface area contributed by atoms with Crippen LogP contribution in [-0.2, 0) is 4.79 Å². The first-order chi connectivity index (χ1) is 6.77. The molecule has 1 amide bonds. The third-order valence-corrected chi connectivity index (χ3v) is 2.51. The standard InChI is InChI=1S/C9H14N4O/c1-8(14)12-4-6-13(7-5-12)9-10-2-3-11-9/h2-3H,4-7H2,1H3,(H,10,11). The predicted octanol–water partition coefficient (Wildman–Crippen LogP) is 0.0782. The fourth-order valence-corrected chi connectivity index (χ4v) is 1.66. The Balaban J connectivity index is 1.93. The average molecular weight is 194 g/mol. The molecule has 0 saturated carbocycles. The van der Waals surface area contributed by atoms with Crippen LogP contribution in [0.15, 0.2) is 12.4 Å². The molecule has 1 saturated heterocycles. The van der Waals surface area contributed by atoms with Crippen molar-refractivity contribution in [1.29, 1.82) is 0 Å². The number of carbonyl (C=O) groups excluding carboxylic acids is 1. The van der Waals surface area contributed by atoms with Gasteiger partial charge in [0.15, 0.2) is 0 Å². The fraction of sp³-hybridized carbons (Fsp3) is 0.556. The smallest absolute Gasteiger partial charge is 0.219 e. The number of nitrogens with one attached hydrogen (secondary N) is 1. The number of imidazole rings is 1. The summed E-state index contributed by atoms with van der Waals surface area (Å²) in [7, 11) is 0. The van der Waals surface area contributed by atoms with E-state index in [-0.39, 0.29) is 5.91 Å². The Hall–Kier alpha value is -1.52. The van der Waals surface area contributed by atoms with Crippen LogP contribution >= 0.6 is 0 Å². The van der Waals surface area contributed by atoms with E-state index in [4.69, 9.17) is 0 Å². The second-order valence-corrected chi connectivity index (χ2v) is 3.41. The number of hydrogen-bond donors (Lipinski definition) is 1. The van der Waals surface area contributed by atoms with Gasteiger partial charge in [-0.3, -0.25) is 4.79 Å². The van der Waals surface area contributed by atoms with Gasteiger partial charge in [0.1, 0.15) is 0 Å². The van der Waals surface area contributed by atoms with Crippen molar-refractivity contribution in [1.82, 2.24) is 14.9 Å². The molecule has 0 aliphatic carbocycles. The lowest BCUT2D eigenvalue weighted by Gasteiger charge is -2.33. The van der Waals surface area contributed by atoms with Crippen LogP contribution in [0.1, 0.15) is 6.92 Å². The molecule has 0 radical (unpaired) electrons. The fourth-order valence-electron chi connectivity index (χ4n) is 1.66. The van der Waals surface area contributed by atoms with Gasteiger partial charge in [-0.25, -0.2) is 4.98 Å². The molecule has 5 nitrogen and oxygen atoms in total. The van der Waals surface area contributed by atoms with Gasteiger partial charge >= 0.3 is 0 Å². The third-order valence-electron chi connectivity index (χ3n) is 2.51. The van der Waals surface area contributed by atoms with E-state index < -0.39 is 0 Å². The number of piperazine rings is 1. The predicted molar refractivity (Wildman–Crippen MR) is 53.1 cm³/mol. The van der Waals surface area contributed by atoms with E-state index in [1.165, 1.54) is 0 Å². The second-order valence-electron chi connectivity index (χ2n) is 3.41. The Morgan fingerprint density at radius 2 is 2.14 bits per heavy atom. The molecule has 5 heteroatoms. The van der Waals surface area contributed by atoms with Crippen molar-refractivity contribution < 1.29 is 4.79 Å². The maximum absolute atomic E-state index is 11.1. The number of nitrogens with zero attached hydrogens (tertiary/aromatic N) is 3. The summed E-state index contributed by atoms with van der Waals surface area (Å²) in [6, 6.07) is 0. The Labute approximate surface area is 82.7 Å². The van der Waals surface area contributed by atoms with E-state index in [0.717, 1.165) is 32.1 Å². The van der Waals surface area contributed by atoms with Gasteiger partial charge in [-0.1, -0.05) is 0 Å². The molecule has 1 aliphatic rings. The SMILES string of the molecule is CC(=O)N1CCN(c2ncc[nH]2)CC1. The molecular formula is C9H14N4O. The van der Waals surface area contributed by atoms with E-state index in [1.54, 1.807) is 13.1 Å². The van der Waals surface area contributed by atoms with Gasteiger partial charge in [-0.05, 0) is 0 Å². The van der Waals surface area contributed by atoms with Gasteiger partial charge in [0, 0.05) is 45.5 Å². The highest BCUT2D eigenvalue weighted by Crippen LogP contribution is 2.09. The third kappa shape index (κ3) is 1.71. The van der Waals surface area contributed by atoms with Crippen molar-refractivity contribution in [2.75, 3.05) is 31.1 Å². The van der Waals surface area contributed by atoms with Crippen molar-refractivity contribution >= 4 is 11.9 Å². The molecule has 1 fully saturated rings. The van der Waals surface area contributed by atoms with E-state index >= 15 is 0 Å². The molecule has 2 rings (SSSR count). The van der Waals surface area contributed by atoms with Gasteiger partial charge in [-0.2, -0.15) is 0 Å². The van der Waals surface area contributed by atoms with Gasteiger partial charge in [-0.15, -0.1) is 0 Å². The zero-order valence-corrected chi connectivity index (χ0v) is 8.23. The first-order valence-electron chi connectivity index (χ1n) is 4.77. The molecule has 14 heavy (non-hydrogen) atoms. The lowest BCUT2D eigenvalue weighted by Crippen LogP contribution is -2.48. The highest BCUT2D eigenvalue weighted by molar-refractivity contribution is 5.73. The molecule has 1 aliphatic heterocycles. The zero-order chi connectivity index (χ0) is 9.97. The van der Waals surface area contributed by atoms with E-state index in [9.17, 15) is 4.79 Å². The molecule has 1 aromatic rings. The van der Waals surface area contributed by atoms with E-state index in [1.807, 2.05) is 11.1 Å². The van der Waals surface area contributed by atoms with Crippen LogP contribution in [0, 0.1) is 0 Å². The van der Waals surface area contributed by atoms with Crippen molar-refractivity contribution in [3.63, 3.8) is 0 Å². The van der Waals surface area contributed by atoms with Crippen LogP contribution in [0.3, 0.4) is 0 Å². The van der Waals surface area contributed by atoms with Crippen molar-refractivity contribution in [3.8, 4) is 0 Å². The van der Waals surface area contributed by atoms with Crippen LogP contribution in [-0.4, -0.2) is 47.0 Å². The summed E-state index contributed by atoms with van der Waals surface area (Å²) in [4.78, 5) is 22.3. The lowest BCUT2D eigenvalue weighted by molar-refractivity contribution is -0.129. The summed E-state index contributed by atoms with van der Waals surface area (Å²) in [5.74, 6) is 1.05. The Morgan fingerprint density at radius 3 is 2.64 bits per heavy atom. The van der Waals surface area contributed by atoms with Crippen LogP contribution in [0.25, 0.3) is 0 Å². The van der Waals surface area contributed by atoms with E-state index in [2.05, 4.69) is 14.9 Å². The van der Waals surface area contributed by atoms with Gasteiger partial charge in [0.25, 0.3) is 0 Å². The number of amides is 1. The molecule has 1 aromatic heterocycles. The number of aromatic amines is 1. The maximum atomic E-state index is 11.1. The molecular weight excluding hydrogens is 180 g/mol. The number of rotatable bonds is 1. The maximum Gasteiger partial charge on any atom is 0.219 e. The summed E-state index contributed by atoms with van der Waals surface area (Å²) in [6.45, 7) is 4.90. The number of H-pyrrole nitrogens is 1. The summed E-state index contributed by atoms with van der Waals surface area (Å²) in [6.07, 6.45) is 3.55. The minimum Gasteiger partial charge on any atom is -0.339 e. The first kappa shape index (κ1) is 9.05. The average Bonchev–Trinajstić information content (AvgIpc) is 2.71. The highest BCUT2D eigenvalue weighted by Gasteiger charge is 2.19. The second kappa shape index (κ2) is 3.69. The van der Waals surface area contributed by atoms with Gasteiger partial charge in [0.2, 0.25) is 11.9 Å². The molecule has 0 unspecified atom stereocenters. The number of carbonyl (C=O) groups is 1. The van der Waals surface area contributed by atoms with Crippen LogP contribution in [0.4, 0.5) is 5.95 Å². The molecule has 0 spiro atoms. The first-order valence-corrected chi connectivity index (χ1v) is 4.77. The molecule has 2 heterocycles. The minimum atomic E-state index is 0.157. The highest BCUT2D eigenvalue weighted by atomic mass is 16.2. The number of anilines is 1. The Morgan fingerprint density at radius 1 is 1.43 bits per heavy atom. The van der Waals surface area contributed by atoms with Crippen LogP contribution < -0.4 is 4.90 Å². The number of hydrogen-bond acceptors (Lipinski definition) is 3. The topological polar surface area (TPSA) is 52.2 Å². The zero-order valence-electron chi connectivity index (χ0n) is 8.23. The molecule has 0 aromatic carbocycles.